The lowest BCUT2D eigenvalue weighted by molar-refractivity contribution is -0.141. The Kier molecular flexibility index (Phi) is 12.8. The van der Waals surface area contributed by atoms with Gasteiger partial charge in [-0.05, 0) is 13.3 Å². The third-order valence-corrected chi connectivity index (χ3v) is 1.46. The Morgan fingerprint density at radius 1 is 1.28 bits per heavy atom. The third-order valence-electron chi connectivity index (χ3n) is 1.46. The molecule has 1 N–H and O–H groups in total. The molecule has 0 radical (unpaired) electrons. The summed E-state index contributed by atoms with van der Waals surface area (Å²) in [7, 11) is 0. The van der Waals surface area contributed by atoms with E-state index in [0.717, 1.165) is 0 Å². The Balaban J connectivity index is 0. The highest BCUT2D eigenvalue weighted by molar-refractivity contribution is 5.74. The summed E-state index contributed by atoms with van der Waals surface area (Å²) >= 11 is 0. The summed E-state index contributed by atoms with van der Waals surface area (Å²) in [6.45, 7) is 3.41. The van der Waals surface area contributed by atoms with Crippen LogP contribution in [0.2, 0.25) is 0 Å². The first kappa shape index (κ1) is 18.1. The van der Waals surface area contributed by atoms with Crippen molar-refractivity contribution in [1.29, 1.82) is 0 Å². The molecule has 0 rings (SSSR count). The molecule has 1 unspecified atom stereocenters. The summed E-state index contributed by atoms with van der Waals surface area (Å²) in [5.74, 6) is -1.58. The number of carboxylic acid groups (broad SMARTS) is 1. The number of aliphatic imine (C=N–C) groups is 2. The van der Waals surface area contributed by atoms with Crippen molar-refractivity contribution in [3.63, 3.8) is 0 Å². The van der Waals surface area contributed by atoms with Crippen molar-refractivity contribution >= 4 is 24.1 Å². The molecule has 0 bridgehead atoms. The molecule has 0 fully saturated rings. The van der Waals surface area contributed by atoms with Gasteiger partial charge in [0.15, 0.2) is 6.04 Å². The van der Waals surface area contributed by atoms with E-state index in [1.165, 1.54) is 12.2 Å². The quantitative estimate of drug-likeness (QED) is 0.408. The number of hydrogen-bond acceptors (Lipinski definition) is 7. The van der Waals surface area contributed by atoms with Crippen LogP contribution >= 0.6 is 0 Å². The Hall–Kier alpha value is -2.30. The number of carbonyl (C=O) groups excluding carboxylic acids is 3. The van der Waals surface area contributed by atoms with E-state index < -0.39 is 18.0 Å². The van der Waals surface area contributed by atoms with Gasteiger partial charge in [0, 0.05) is 0 Å². The lowest BCUT2D eigenvalue weighted by atomic mass is 10.2. The van der Waals surface area contributed by atoms with Crippen molar-refractivity contribution in [2.45, 2.75) is 26.3 Å². The van der Waals surface area contributed by atoms with Gasteiger partial charge in [0.2, 0.25) is 12.2 Å². The highest BCUT2D eigenvalue weighted by Crippen LogP contribution is 1.94. The maximum Gasteiger partial charge on any atom is 0.329 e. The maximum atomic E-state index is 10.3. The van der Waals surface area contributed by atoms with Gasteiger partial charge < -0.3 is 9.84 Å². The number of carboxylic acids is 1. The first-order chi connectivity index (χ1) is 8.53. The molecular formula is C10H14N2O6. The summed E-state index contributed by atoms with van der Waals surface area (Å²) in [5, 5.41) is 8.23. The highest BCUT2D eigenvalue weighted by Gasteiger charge is 2.11. The van der Waals surface area contributed by atoms with E-state index in [-0.39, 0.29) is 6.54 Å². The molecule has 1 atom stereocenters. The Morgan fingerprint density at radius 2 is 1.89 bits per heavy atom. The minimum absolute atomic E-state index is 0.225. The van der Waals surface area contributed by atoms with Crippen LogP contribution in [0.1, 0.15) is 20.3 Å². The standard InChI is InChI=1S/2C5H7NO3/c1-2-9-5(8)3-6-4-7;1-2-4(5(8)9)6-3-7/h2-3H2,1H3;4H,2H2,1H3,(H,8,9). The van der Waals surface area contributed by atoms with E-state index in [4.69, 9.17) is 5.11 Å². The van der Waals surface area contributed by atoms with Crippen molar-refractivity contribution in [1.82, 2.24) is 0 Å². The van der Waals surface area contributed by atoms with Crippen LogP contribution in [0, 0.1) is 0 Å². The number of esters is 1. The third kappa shape index (κ3) is 11.8. The number of carbonyl (C=O) groups is 2. The van der Waals surface area contributed by atoms with Crippen LogP contribution in [0.15, 0.2) is 9.98 Å². The van der Waals surface area contributed by atoms with Crippen molar-refractivity contribution in [2.24, 2.45) is 9.98 Å². The van der Waals surface area contributed by atoms with Crippen LogP contribution in [-0.4, -0.2) is 48.4 Å². The van der Waals surface area contributed by atoms with Gasteiger partial charge in [0.05, 0.1) is 6.61 Å². The SMILES string of the molecule is CCC(N=C=O)C(=O)O.CCOC(=O)CN=C=O. The number of ether oxygens (including phenoxy) is 1. The molecule has 8 heteroatoms. The molecule has 0 aromatic rings. The Morgan fingerprint density at radius 3 is 2.17 bits per heavy atom. The molecule has 0 aromatic heterocycles. The minimum atomic E-state index is -1.08. The molecule has 8 nitrogen and oxygen atoms in total. The molecule has 0 amide bonds. The molecule has 0 aliphatic carbocycles. The van der Waals surface area contributed by atoms with Gasteiger partial charge in [-0.2, -0.15) is 9.98 Å². The predicted octanol–water partition coefficient (Wildman–Crippen LogP) is 0.0707. The molecule has 0 saturated carbocycles. The average molecular weight is 258 g/mol. The summed E-state index contributed by atoms with van der Waals surface area (Å²) < 4.78 is 4.43. The van der Waals surface area contributed by atoms with Gasteiger partial charge in [-0.25, -0.2) is 14.4 Å². The molecule has 0 aromatic carbocycles. The number of nitrogens with zero attached hydrogens (tertiary/aromatic N) is 2. The molecular weight excluding hydrogens is 244 g/mol. The van der Waals surface area contributed by atoms with Crippen LogP contribution in [-0.2, 0) is 23.9 Å². The molecule has 18 heavy (non-hydrogen) atoms. The average Bonchev–Trinajstić information content (AvgIpc) is 2.34. The van der Waals surface area contributed by atoms with Crippen LogP contribution in [0.4, 0.5) is 0 Å². The molecule has 0 spiro atoms. The lowest BCUT2D eigenvalue weighted by Crippen LogP contribution is -2.15. The summed E-state index contributed by atoms with van der Waals surface area (Å²) in [6, 6.07) is -0.914. The van der Waals surface area contributed by atoms with E-state index in [2.05, 4.69) is 14.7 Å². The molecule has 0 aliphatic rings. The van der Waals surface area contributed by atoms with E-state index in [9.17, 15) is 19.2 Å². The first-order valence-electron chi connectivity index (χ1n) is 5.02. The lowest BCUT2D eigenvalue weighted by Gasteiger charge is -1.96. The second-order valence-corrected chi connectivity index (χ2v) is 2.70. The summed E-state index contributed by atoms with van der Waals surface area (Å²) in [4.78, 5) is 45.3. The van der Waals surface area contributed by atoms with Crippen LogP contribution < -0.4 is 0 Å². The fraction of sp³-hybridized carbons (Fsp3) is 0.600. The van der Waals surface area contributed by atoms with Gasteiger partial charge in [-0.1, -0.05) is 6.92 Å². The molecule has 100 valence electrons. The Bertz CT molecular complexity index is 351. The fourth-order valence-electron chi connectivity index (χ4n) is 0.688. The van der Waals surface area contributed by atoms with Crippen LogP contribution in [0.5, 0.6) is 0 Å². The predicted molar refractivity (Wildman–Crippen MR) is 59.5 cm³/mol. The highest BCUT2D eigenvalue weighted by atomic mass is 16.5. The second-order valence-electron chi connectivity index (χ2n) is 2.70. The van der Waals surface area contributed by atoms with E-state index in [1.807, 2.05) is 0 Å². The topological polar surface area (TPSA) is 122 Å². The number of rotatable bonds is 6. The van der Waals surface area contributed by atoms with Gasteiger partial charge >= 0.3 is 11.9 Å². The van der Waals surface area contributed by atoms with Gasteiger partial charge in [-0.15, -0.1) is 0 Å². The van der Waals surface area contributed by atoms with E-state index in [1.54, 1.807) is 13.8 Å². The molecule has 0 saturated heterocycles. The monoisotopic (exact) mass is 258 g/mol. The normalized spacial score (nSPS) is 9.67. The smallest absolute Gasteiger partial charge is 0.329 e. The minimum Gasteiger partial charge on any atom is -0.480 e. The number of aliphatic carboxylic acids is 1. The van der Waals surface area contributed by atoms with Crippen LogP contribution in [0.3, 0.4) is 0 Å². The van der Waals surface area contributed by atoms with Crippen LogP contribution in [0.25, 0.3) is 0 Å². The summed E-state index contributed by atoms with van der Waals surface area (Å²) in [5.41, 5.74) is 0. The zero-order valence-corrected chi connectivity index (χ0v) is 10.1. The number of hydrogen-bond donors (Lipinski definition) is 1. The Labute approximate surface area is 103 Å². The second kappa shape index (κ2) is 12.8. The van der Waals surface area contributed by atoms with Gasteiger partial charge in [0.1, 0.15) is 6.54 Å². The zero-order chi connectivity index (χ0) is 14.4. The van der Waals surface area contributed by atoms with E-state index >= 15 is 0 Å². The zero-order valence-electron chi connectivity index (χ0n) is 10.1. The van der Waals surface area contributed by atoms with Gasteiger partial charge in [0.25, 0.3) is 0 Å². The fourth-order valence-corrected chi connectivity index (χ4v) is 0.688. The largest absolute Gasteiger partial charge is 0.480 e. The summed E-state index contributed by atoms with van der Waals surface area (Å²) in [6.07, 6.45) is 2.75. The van der Waals surface area contributed by atoms with Crippen molar-refractivity contribution in [3.8, 4) is 0 Å². The molecule has 0 aliphatic heterocycles. The van der Waals surface area contributed by atoms with Gasteiger partial charge in [-0.3, -0.25) is 4.79 Å². The van der Waals surface area contributed by atoms with Crippen molar-refractivity contribution in [2.75, 3.05) is 13.2 Å². The number of isocyanates is 2. The van der Waals surface area contributed by atoms with Crippen molar-refractivity contribution < 1.29 is 29.0 Å². The first-order valence-corrected chi connectivity index (χ1v) is 5.02. The van der Waals surface area contributed by atoms with Crippen molar-refractivity contribution in [3.05, 3.63) is 0 Å². The van der Waals surface area contributed by atoms with E-state index in [0.29, 0.717) is 13.0 Å². The molecule has 0 heterocycles. The maximum absolute atomic E-state index is 10.3.